The number of nitrogens with one attached hydrogen (secondary N) is 2. The molecule has 35 heavy (non-hydrogen) atoms. The first kappa shape index (κ1) is 24.5. The van der Waals surface area contributed by atoms with Crippen LogP contribution in [-0.2, 0) is 27.3 Å². The fraction of sp³-hybridized carbons (Fsp3) is 0.345. The Kier molecular flexibility index (Phi) is 7.80. The van der Waals surface area contributed by atoms with Gasteiger partial charge in [-0.25, -0.2) is 0 Å². The first-order valence-electron chi connectivity index (χ1n) is 12.3. The molecule has 1 heterocycles. The first-order chi connectivity index (χ1) is 16.9. The average molecular weight is 472 g/mol. The van der Waals surface area contributed by atoms with Gasteiger partial charge < -0.3 is 15.5 Å². The molecule has 1 fully saturated rings. The lowest BCUT2D eigenvalue weighted by molar-refractivity contribution is -0.129. The number of nitrogens with zero attached hydrogens (tertiary/aromatic N) is 1. The molecule has 1 atom stereocenters. The van der Waals surface area contributed by atoms with Crippen molar-refractivity contribution in [1.82, 2.24) is 10.6 Å². The molecular weight excluding hydrogens is 438 g/mol. The van der Waals surface area contributed by atoms with Gasteiger partial charge >= 0.3 is 0 Å². The van der Waals surface area contributed by atoms with E-state index in [2.05, 4.69) is 10.6 Å². The summed E-state index contributed by atoms with van der Waals surface area (Å²) in [5, 5.41) is 8.09. The molecule has 0 spiro atoms. The summed E-state index contributed by atoms with van der Waals surface area (Å²) in [5.74, 6) is -0.314. The molecule has 0 aliphatic carbocycles. The number of carbonyl (C=O) groups excluding carboxylic acids is 3. The van der Waals surface area contributed by atoms with Crippen molar-refractivity contribution in [1.29, 1.82) is 0 Å². The maximum absolute atomic E-state index is 13.0. The van der Waals surface area contributed by atoms with E-state index in [-0.39, 0.29) is 30.1 Å². The van der Waals surface area contributed by atoms with Crippen LogP contribution < -0.4 is 15.5 Å². The molecule has 3 aromatic rings. The summed E-state index contributed by atoms with van der Waals surface area (Å²) >= 11 is 0. The fourth-order valence-electron chi connectivity index (χ4n) is 4.51. The Balaban J connectivity index is 1.35. The molecule has 3 amide bonds. The van der Waals surface area contributed by atoms with Crippen molar-refractivity contribution in [2.75, 3.05) is 11.4 Å². The predicted octanol–water partition coefficient (Wildman–Crippen LogP) is 4.36. The third kappa shape index (κ3) is 6.27. The minimum absolute atomic E-state index is 0.0622. The molecule has 1 saturated heterocycles. The van der Waals surface area contributed by atoms with Crippen molar-refractivity contribution in [2.45, 2.75) is 52.1 Å². The van der Waals surface area contributed by atoms with Crippen LogP contribution in [0.15, 0.2) is 66.7 Å². The summed E-state index contributed by atoms with van der Waals surface area (Å²) in [6.07, 6.45) is 2.74. The summed E-state index contributed by atoms with van der Waals surface area (Å²) in [7, 11) is 0. The molecule has 4 rings (SSSR count). The van der Waals surface area contributed by atoms with E-state index in [9.17, 15) is 14.4 Å². The lowest BCUT2D eigenvalue weighted by Gasteiger charge is -2.27. The maximum atomic E-state index is 13.0. The van der Waals surface area contributed by atoms with E-state index in [1.807, 2.05) is 85.5 Å². The molecule has 2 N–H and O–H groups in total. The Bertz CT molecular complexity index is 1220. The highest BCUT2D eigenvalue weighted by molar-refractivity contribution is 5.94. The van der Waals surface area contributed by atoms with Gasteiger partial charge in [-0.05, 0) is 52.8 Å². The third-order valence-corrected chi connectivity index (χ3v) is 6.46. The van der Waals surface area contributed by atoms with Gasteiger partial charge in [0.2, 0.25) is 17.7 Å². The fourth-order valence-corrected chi connectivity index (χ4v) is 4.51. The lowest BCUT2D eigenvalue weighted by Crippen LogP contribution is -2.49. The van der Waals surface area contributed by atoms with Crippen molar-refractivity contribution in [2.24, 2.45) is 5.92 Å². The third-order valence-electron chi connectivity index (χ3n) is 6.46. The van der Waals surface area contributed by atoms with E-state index >= 15 is 0 Å². The molecule has 182 valence electrons. The highest BCUT2D eigenvalue weighted by atomic mass is 16.2. The topological polar surface area (TPSA) is 78.5 Å². The van der Waals surface area contributed by atoms with Gasteiger partial charge in [0.05, 0.1) is 6.42 Å². The quantitative estimate of drug-likeness (QED) is 0.513. The molecule has 6 nitrogen and oxygen atoms in total. The predicted molar refractivity (Wildman–Crippen MR) is 139 cm³/mol. The molecule has 0 saturated carbocycles. The molecule has 0 bridgehead atoms. The largest absolute Gasteiger partial charge is 0.350 e. The molecule has 3 aromatic carbocycles. The summed E-state index contributed by atoms with van der Waals surface area (Å²) in [6, 6.07) is 21.1. The Morgan fingerprint density at radius 2 is 1.71 bits per heavy atom. The molecule has 1 aliphatic rings. The monoisotopic (exact) mass is 471 g/mol. The molecule has 0 aromatic heterocycles. The second kappa shape index (κ2) is 11.2. The molecule has 0 radical (unpaired) electrons. The van der Waals surface area contributed by atoms with Gasteiger partial charge in [0.25, 0.3) is 0 Å². The SMILES string of the molecule is CC(C)C(NC(=O)Cc1ccc2ccccc2c1)C(=O)NCc1cccc(N2CCCCC2=O)c1. The minimum atomic E-state index is -0.630. The second-order valence-corrected chi connectivity index (χ2v) is 9.54. The van der Waals surface area contributed by atoms with Crippen LogP contribution in [0.3, 0.4) is 0 Å². The van der Waals surface area contributed by atoms with Crippen molar-refractivity contribution in [3.63, 3.8) is 0 Å². The van der Waals surface area contributed by atoms with Gasteiger partial charge in [-0.3, -0.25) is 14.4 Å². The normalized spacial score (nSPS) is 14.7. The number of hydrogen-bond acceptors (Lipinski definition) is 3. The zero-order valence-electron chi connectivity index (χ0n) is 20.4. The van der Waals surface area contributed by atoms with Crippen LogP contribution in [0.1, 0.15) is 44.2 Å². The van der Waals surface area contributed by atoms with Gasteiger partial charge in [-0.2, -0.15) is 0 Å². The van der Waals surface area contributed by atoms with E-state index in [1.165, 1.54) is 0 Å². The lowest BCUT2D eigenvalue weighted by atomic mass is 10.0. The zero-order valence-corrected chi connectivity index (χ0v) is 20.4. The minimum Gasteiger partial charge on any atom is -0.350 e. The summed E-state index contributed by atoms with van der Waals surface area (Å²) in [6.45, 7) is 4.90. The second-order valence-electron chi connectivity index (χ2n) is 9.54. The van der Waals surface area contributed by atoms with E-state index in [0.29, 0.717) is 13.0 Å². The van der Waals surface area contributed by atoms with Crippen molar-refractivity contribution >= 4 is 34.2 Å². The maximum Gasteiger partial charge on any atom is 0.243 e. The van der Waals surface area contributed by atoms with E-state index < -0.39 is 6.04 Å². The highest BCUT2D eigenvalue weighted by Crippen LogP contribution is 2.22. The van der Waals surface area contributed by atoms with Gasteiger partial charge in [-0.15, -0.1) is 0 Å². The van der Waals surface area contributed by atoms with E-state index in [0.717, 1.165) is 47.0 Å². The first-order valence-corrected chi connectivity index (χ1v) is 12.3. The van der Waals surface area contributed by atoms with Crippen LogP contribution in [-0.4, -0.2) is 30.3 Å². The summed E-state index contributed by atoms with van der Waals surface area (Å²) in [4.78, 5) is 39.8. The van der Waals surface area contributed by atoms with Crippen molar-refractivity contribution < 1.29 is 14.4 Å². The van der Waals surface area contributed by atoms with E-state index in [1.54, 1.807) is 0 Å². The number of fused-ring (bicyclic) bond motifs is 1. The van der Waals surface area contributed by atoms with Crippen LogP contribution in [0.25, 0.3) is 10.8 Å². The number of hydrogen-bond donors (Lipinski definition) is 2. The average Bonchev–Trinajstić information content (AvgIpc) is 2.86. The number of anilines is 1. The van der Waals surface area contributed by atoms with Gasteiger partial charge in [0, 0.05) is 25.2 Å². The Labute approximate surface area is 206 Å². The Morgan fingerprint density at radius 3 is 2.49 bits per heavy atom. The standard InChI is InChI=1S/C29H33N3O3/c1-20(2)28(31-26(33)18-21-13-14-23-9-3-4-10-24(23)16-21)29(35)30-19-22-8-7-11-25(17-22)32-15-6-5-12-27(32)34/h3-4,7-11,13-14,16-17,20,28H,5-6,12,15,18-19H2,1-2H3,(H,30,35)(H,31,33). The van der Waals surface area contributed by atoms with Crippen molar-refractivity contribution in [3.8, 4) is 0 Å². The van der Waals surface area contributed by atoms with Crippen LogP contribution in [0.5, 0.6) is 0 Å². The molecule has 1 aliphatic heterocycles. The number of benzene rings is 3. The number of rotatable bonds is 8. The number of amides is 3. The Hall–Kier alpha value is -3.67. The van der Waals surface area contributed by atoms with Crippen molar-refractivity contribution in [3.05, 3.63) is 77.9 Å². The number of carbonyl (C=O) groups is 3. The highest BCUT2D eigenvalue weighted by Gasteiger charge is 2.24. The molecular formula is C29H33N3O3. The van der Waals surface area contributed by atoms with Gasteiger partial charge in [0.1, 0.15) is 6.04 Å². The van der Waals surface area contributed by atoms with Gasteiger partial charge in [0.15, 0.2) is 0 Å². The summed E-state index contributed by atoms with van der Waals surface area (Å²) in [5.41, 5.74) is 2.69. The smallest absolute Gasteiger partial charge is 0.243 e. The Morgan fingerprint density at radius 1 is 0.914 bits per heavy atom. The van der Waals surface area contributed by atoms with Crippen LogP contribution >= 0.6 is 0 Å². The van der Waals surface area contributed by atoms with Gasteiger partial charge in [-0.1, -0.05) is 68.4 Å². The molecule has 6 heteroatoms. The van der Waals surface area contributed by atoms with E-state index in [4.69, 9.17) is 0 Å². The number of piperidine rings is 1. The van der Waals surface area contributed by atoms with Crippen LogP contribution in [0, 0.1) is 5.92 Å². The van der Waals surface area contributed by atoms with Crippen LogP contribution in [0.4, 0.5) is 5.69 Å². The zero-order chi connectivity index (χ0) is 24.8. The molecule has 1 unspecified atom stereocenters. The van der Waals surface area contributed by atoms with Crippen LogP contribution in [0.2, 0.25) is 0 Å². The summed E-state index contributed by atoms with van der Waals surface area (Å²) < 4.78 is 0.